The molecular formula is C16H34N2. The van der Waals surface area contributed by atoms with Gasteiger partial charge in [-0.25, -0.2) is 0 Å². The van der Waals surface area contributed by atoms with Crippen LogP contribution in [0.4, 0.5) is 0 Å². The first-order valence-corrected chi connectivity index (χ1v) is 7.73. The molecular weight excluding hydrogens is 220 g/mol. The molecule has 18 heavy (non-hydrogen) atoms. The summed E-state index contributed by atoms with van der Waals surface area (Å²) in [7, 11) is 0. The van der Waals surface area contributed by atoms with Crippen molar-refractivity contribution in [3.63, 3.8) is 0 Å². The van der Waals surface area contributed by atoms with E-state index in [1.165, 1.54) is 25.9 Å². The summed E-state index contributed by atoms with van der Waals surface area (Å²) in [5.41, 5.74) is 0.760. The van der Waals surface area contributed by atoms with Crippen molar-refractivity contribution in [3.8, 4) is 0 Å². The SMILES string of the molecule is CCC1(CC)CN(CC(C)C(C)(C)C)C(C)CN1. The van der Waals surface area contributed by atoms with Gasteiger partial charge in [0, 0.05) is 31.2 Å². The van der Waals surface area contributed by atoms with Crippen molar-refractivity contribution in [2.24, 2.45) is 11.3 Å². The molecule has 0 aromatic carbocycles. The largest absolute Gasteiger partial charge is 0.308 e. The number of nitrogens with one attached hydrogen (secondary N) is 1. The average Bonchev–Trinajstić information content (AvgIpc) is 2.31. The highest BCUT2D eigenvalue weighted by Gasteiger charge is 2.36. The van der Waals surface area contributed by atoms with Crippen molar-refractivity contribution in [2.45, 2.75) is 72.9 Å². The van der Waals surface area contributed by atoms with Crippen molar-refractivity contribution in [1.82, 2.24) is 10.2 Å². The lowest BCUT2D eigenvalue weighted by Crippen LogP contribution is -2.63. The van der Waals surface area contributed by atoms with Crippen LogP contribution in [0.2, 0.25) is 0 Å². The Labute approximate surface area is 115 Å². The van der Waals surface area contributed by atoms with Crippen LogP contribution < -0.4 is 5.32 Å². The van der Waals surface area contributed by atoms with E-state index in [0.717, 1.165) is 12.5 Å². The van der Waals surface area contributed by atoms with Crippen LogP contribution in [-0.4, -0.2) is 36.1 Å². The first-order valence-electron chi connectivity index (χ1n) is 7.73. The van der Waals surface area contributed by atoms with Gasteiger partial charge in [0.25, 0.3) is 0 Å². The Morgan fingerprint density at radius 1 is 1.28 bits per heavy atom. The Kier molecular flexibility index (Phi) is 5.25. The maximum atomic E-state index is 3.78. The molecule has 2 nitrogen and oxygen atoms in total. The second-order valence-corrected chi connectivity index (χ2v) is 7.41. The van der Waals surface area contributed by atoms with Gasteiger partial charge in [-0.1, -0.05) is 41.5 Å². The zero-order valence-corrected chi connectivity index (χ0v) is 13.6. The van der Waals surface area contributed by atoms with Gasteiger partial charge in [-0.3, -0.25) is 4.90 Å². The van der Waals surface area contributed by atoms with Gasteiger partial charge < -0.3 is 5.32 Å². The predicted molar refractivity (Wildman–Crippen MR) is 81.0 cm³/mol. The molecule has 0 spiro atoms. The monoisotopic (exact) mass is 254 g/mol. The molecule has 2 atom stereocenters. The Hall–Kier alpha value is -0.0800. The number of rotatable bonds is 4. The minimum Gasteiger partial charge on any atom is -0.308 e. The molecule has 0 saturated carbocycles. The van der Waals surface area contributed by atoms with Gasteiger partial charge in [0.1, 0.15) is 0 Å². The first-order chi connectivity index (χ1) is 8.24. The lowest BCUT2D eigenvalue weighted by Gasteiger charge is -2.48. The van der Waals surface area contributed by atoms with E-state index < -0.39 is 0 Å². The summed E-state index contributed by atoms with van der Waals surface area (Å²) in [6.45, 7) is 20.0. The molecule has 1 fully saturated rings. The number of piperazine rings is 1. The molecule has 0 aliphatic carbocycles. The maximum Gasteiger partial charge on any atom is 0.0304 e. The summed E-state index contributed by atoms with van der Waals surface area (Å²) >= 11 is 0. The molecule has 0 bridgehead atoms. The fourth-order valence-electron chi connectivity index (χ4n) is 2.69. The standard InChI is InChI=1S/C16H34N2/c1-8-16(9-2)12-18(14(4)10-17-16)11-13(3)15(5,6)7/h13-14,17H,8-12H2,1-7H3. The van der Waals surface area contributed by atoms with Gasteiger partial charge in [-0.2, -0.15) is 0 Å². The van der Waals surface area contributed by atoms with Crippen molar-refractivity contribution in [3.05, 3.63) is 0 Å². The highest BCUT2D eigenvalue weighted by Crippen LogP contribution is 2.29. The van der Waals surface area contributed by atoms with E-state index in [0.29, 0.717) is 17.0 Å². The summed E-state index contributed by atoms with van der Waals surface area (Å²) in [6.07, 6.45) is 2.47. The van der Waals surface area contributed by atoms with Crippen molar-refractivity contribution < 1.29 is 0 Å². The molecule has 0 aromatic heterocycles. The smallest absolute Gasteiger partial charge is 0.0304 e. The molecule has 1 N–H and O–H groups in total. The third-order valence-corrected chi connectivity index (χ3v) is 5.24. The van der Waals surface area contributed by atoms with Crippen molar-refractivity contribution in [2.75, 3.05) is 19.6 Å². The summed E-state index contributed by atoms with van der Waals surface area (Å²) in [6, 6.07) is 0.668. The Balaban J connectivity index is 2.68. The van der Waals surface area contributed by atoms with Gasteiger partial charge >= 0.3 is 0 Å². The number of hydrogen-bond acceptors (Lipinski definition) is 2. The van der Waals surface area contributed by atoms with Crippen molar-refractivity contribution >= 4 is 0 Å². The fourth-order valence-corrected chi connectivity index (χ4v) is 2.69. The van der Waals surface area contributed by atoms with Crippen LogP contribution in [0.3, 0.4) is 0 Å². The molecule has 1 aliphatic rings. The van der Waals surface area contributed by atoms with E-state index in [1.807, 2.05) is 0 Å². The Morgan fingerprint density at radius 3 is 2.28 bits per heavy atom. The highest BCUT2D eigenvalue weighted by atomic mass is 15.2. The number of nitrogens with zero attached hydrogens (tertiary/aromatic N) is 1. The molecule has 0 aromatic rings. The molecule has 0 radical (unpaired) electrons. The summed E-state index contributed by atoms with van der Waals surface area (Å²) < 4.78 is 0. The van der Waals surface area contributed by atoms with Crippen LogP contribution in [0.15, 0.2) is 0 Å². The lowest BCUT2D eigenvalue weighted by atomic mass is 9.80. The molecule has 1 saturated heterocycles. The molecule has 0 amide bonds. The topological polar surface area (TPSA) is 15.3 Å². The molecule has 1 rings (SSSR count). The van der Waals surface area contributed by atoms with Crippen LogP contribution >= 0.6 is 0 Å². The Morgan fingerprint density at radius 2 is 1.83 bits per heavy atom. The normalized spacial score (nSPS) is 27.2. The molecule has 108 valence electrons. The fraction of sp³-hybridized carbons (Fsp3) is 1.00. The van der Waals surface area contributed by atoms with Crippen LogP contribution in [0.1, 0.15) is 61.3 Å². The van der Waals surface area contributed by atoms with E-state index in [4.69, 9.17) is 0 Å². The van der Waals surface area contributed by atoms with Gasteiger partial charge in [0.2, 0.25) is 0 Å². The highest BCUT2D eigenvalue weighted by molar-refractivity contribution is 4.96. The van der Waals surface area contributed by atoms with Crippen LogP contribution in [0.25, 0.3) is 0 Å². The van der Waals surface area contributed by atoms with E-state index in [-0.39, 0.29) is 0 Å². The summed E-state index contributed by atoms with van der Waals surface area (Å²) in [5.74, 6) is 0.740. The van der Waals surface area contributed by atoms with E-state index >= 15 is 0 Å². The quantitative estimate of drug-likeness (QED) is 0.826. The lowest BCUT2D eigenvalue weighted by molar-refractivity contribution is 0.0508. The maximum absolute atomic E-state index is 3.78. The zero-order valence-electron chi connectivity index (χ0n) is 13.6. The minimum absolute atomic E-state index is 0.351. The van der Waals surface area contributed by atoms with Gasteiger partial charge in [0.15, 0.2) is 0 Å². The first kappa shape index (κ1) is 16.0. The predicted octanol–water partition coefficient (Wildman–Crippen LogP) is 3.52. The van der Waals surface area contributed by atoms with E-state index in [1.54, 1.807) is 0 Å². The van der Waals surface area contributed by atoms with Crippen molar-refractivity contribution in [1.29, 1.82) is 0 Å². The Bertz CT molecular complexity index is 250. The third kappa shape index (κ3) is 3.71. The molecule has 1 heterocycles. The number of hydrogen-bond donors (Lipinski definition) is 1. The van der Waals surface area contributed by atoms with Crippen LogP contribution in [0, 0.1) is 11.3 Å². The third-order valence-electron chi connectivity index (χ3n) is 5.24. The van der Waals surface area contributed by atoms with Gasteiger partial charge in [0.05, 0.1) is 0 Å². The summed E-state index contributed by atoms with van der Waals surface area (Å²) in [4.78, 5) is 2.71. The molecule has 2 unspecified atom stereocenters. The van der Waals surface area contributed by atoms with Gasteiger partial charge in [-0.05, 0) is 31.1 Å². The minimum atomic E-state index is 0.351. The van der Waals surface area contributed by atoms with Crippen LogP contribution in [-0.2, 0) is 0 Å². The zero-order chi connectivity index (χ0) is 14.0. The average molecular weight is 254 g/mol. The second kappa shape index (κ2) is 5.92. The van der Waals surface area contributed by atoms with Crippen LogP contribution in [0.5, 0.6) is 0 Å². The van der Waals surface area contributed by atoms with E-state index in [9.17, 15) is 0 Å². The van der Waals surface area contributed by atoms with E-state index in [2.05, 4.69) is 58.7 Å². The van der Waals surface area contributed by atoms with Gasteiger partial charge in [-0.15, -0.1) is 0 Å². The molecule has 1 aliphatic heterocycles. The summed E-state index contributed by atoms with van der Waals surface area (Å²) in [5, 5.41) is 3.78. The molecule has 2 heteroatoms. The second-order valence-electron chi connectivity index (χ2n) is 7.41.